The van der Waals surface area contributed by atoms with E-state index in [4.69, 9.17) is 0 Å². The molecule has 1 N–H and O–H groups in total. The molecular weight excluding hydrogens is 302 g/mol. The van der Waals surface area contributed by atoms with Crippen molar-refractivity contribution in [3.05, 3.63) is 33.8 Å². The fourth-order valence-corrected chi connectivity index (χ4v) is 3.60. The second-order valence-electron chi connectivity index (χ2n) is 5.96. The van der Waals surface area contributed by atoms with E-state index in [1.807, 2.05) is 25.1 Å². The first-order valence-corrected chi connectivity index (χ1v) is 7.83. The van der Waals surface area contributed by atoms with Crippen LogP contribution in [0.4, 0.5) is 0 Å². The van der Waals surface area contributed by atoms with Crippen molar-refractivity contribution in [1.82, 2.24) is 5.32 Å². The van der Waals surface area contributed by atoms with Gasteiger partial charge in [0.25, 0.3) is 5.91 Å². The minimum atomic E-state index is 0.0401. The van der Waals surface area contributed by atoms with Crippen molar-refractivity contribution in [2.45, 2.75) is 46.1 Å². The van der Waals surface area contributed by atoms with Gasteiger partial charge in [-0.2, -0.15) is 0 Å². The molecule has 2 rings (SSSR count). The van der Waals surface area contributed by atoms with Crippen LogP contribution >= 0.6 is 15.9 Å². The second kappa shape index (κ2) is 6.08. The molecule has 0 saturated heterocycles. The van der Waals surface area contributed by atoms with Gasteiger partial charge in [0.15, 0.2) is 0 Å². The van der Waals surface area contributed by atoms with Crippen molar-refractivity contribution >= 4 is 21.8 Å². The number of hydrogen-bond donors (Lipinski definition) is 1. The summed E-state index contributed by atoms with van der Waals surface area (Å²) >= 11 is 3.48. The van der Waals surface area contributed by atoms with Gasteiger partial charge in [-0.15, -0.1) is 0 Å². The van der Waals surface area contributed by atoms with Crippen molar-refractivity contribution in [3.63, 3.8) is 0 Å². The van der Waals surface area contributed by atoms with Gasteiger partial charge in [0.1, 0.15) is 0 Å². The molecule has 0 radical (unpaired) electrons. The van der Waals surface area contributed by atoms with Gasteiger partial charge in [0, 0.05) is 10.5 Å². The SMILES string of the molecule is Cc1ccc(C(=O)NC2CCC(C)CC2C)c(Br)c1. The maximum Gasteiger partial charge on any atom is 0.252 e. The predicted octanol–water partition coefficient (Wildman–Crippen LogP) is 4.31. The van der Waals surface area contributed by atoms with Gasteiger partial charge < -0.3 is 5.32 Å². The van der Waals surface area contributed by atoms with E-state index in [2.05, 4.69) is 35.1 Å². The van der Waals surface area contributed by atoms with Crippen LogP contribution in [0, 0.1) is 18.8 Å². The van der Waals surface area contributed by atoms with Gasteiger partial charge in [-0.3, -0.25) is 4.79 Å². The van der Waals surface area contributed by atoms with E-state index >= 15 is 0 Å². The molecule has 0 spiro atoms. The highest BCUT2D eigenvalue weighted by atomic mass is 79.9. The average molecular weight is 324 g/mol. The Kier molecular flexibility index (Phi) is 4.67. The number of benzene rings is 1. The van der Waals surface area contributed by atoms with Crippen LogP contribution in [0.3, 0.4) is 0 Å². The van der Waals surface area contributed by atoms with Gasteiger partial charge in [0.2, 0.25) is 0 Å². The summed E-state index contributed by atoms with van der Waals surface area (Å²) in [6.07, 6.45) is 3.52. The zero-order valence-corrected chi connectivity index (χ0v) is 13.5. The fourth-order valence-electron chi connectivity index (χ4n) is 2.93. The third kappa shape index (κ3) is 3.59. The molecule has 1 aliphatic rings. The summed E-state index contributed by atoms with van der Waals surface area (Å²) < 4.78 is 0.877. The number of halogens is 1. The number of carbonyl (C=O) groups is 1. The van der Waals surface area contributed by atoms with Crippen molar-refractivity contribution in [2.24, 2.45) is 11.8 Å². The Balaban J connectivity index is 2.04. The average Bonchev–Trinajstić information content (AvgIpc) is 2.32. The van der Waals surface area contributed by atoms with E-state index in [1.54, 1.807) is 0 Å². The minimum absolute atomic E-state index is 0.0401. The van der Waals surface area contributed by atoms with Gasteiger partial charge in [-0.25, -0.2) is 0 Å². The summed E-state index contributed by atoms with van der Waals surface area (Å²) in [5, 5.41) is 3.20. The van der Waals surface area contributed by atoms with E-state index in [1.165, 1.54) is 12.8 Å². The first-order chi connectivity index (χ1) is 8.97. The second-order valence-corrected chi connectivity index (χ2v) is 6.81. The molecule has 1 fully saturated rings. The molecule has 3 heteroatoms. The number of hydrogen-bond acceptors (Lipinski definition) is 1. The molecular formula is C16H22BrNO. The molecule has 2 nitrogen and oxygen atoms in total. The molecule has 1 saturated carbocycles. The van der Waals surface area contributed by atoms with Gasteiger partial charge in [0.05, 0.1) is 5.56 Å². The molecule has 0 aliphatic heterocycles. The monoisotopic (exact) mass is 323 g/mol. The van der Waals surface area contributed by atoms with Crippen molar-refractivity contribution in [3.8, 4) is 0 Å². The van der Waals surface area contributed by atoms with Crippen molar-refractivity contribution in [1.29, 1.82) is 0 Å². The number of rotatable bonds is 2. The maximum absolute atomic E-state index is 12.3. The molecule has 19 heavy (non-hydrogen) atoms. The third-order valence-electron chi connectivity index (χ3n) is 4.12. The number of carbonyl (C=O) groups excluding carboxylic acids is 1. The number of nitrogens with one attached hydrogen (secondary N) is 1. The normalized spacial score (nSPS) is 27.1. The van der Waals surface area contributed by atoms with Gasteiger partial charge >= 0.3 is 0 Å². The Hall–Kier alpha value is -0.830. The summed E-state index contributed by atoms with van der Waals surface area (Å²) in [4.78, 5) is 12.3. The van der Waals surface area contributed by atoms with E-state index in [0.717, 1.165) is 27.9 Å². The Morgan fingerprint density at radius 2 is 2.05 bits per heavy atom. The summed E-state index contributed by atoms with van der Waals surface area (Å²) in [6.45, 7) is 6.56. The first-order valence-electron chi connectivity index (χ1n) is 7.04. The quantitative estimate of drug-likeness (QED) is 0.863. The highest BCUT2D eigenvalue weighted by molar-refractivity contribution is 9.10. The summed E-state index contributed by atoms with van der Waals surface area (Å²) in [6, 6.07) is 6.18. The van der Waals surface area contributed by atoms with Crippen LogP contribution in [-0.2, 0) is 0 Å². The molecule has 1 aliphatic carbocycles. The topological polar surface area (TPSA) is 29.1 Å². The lowest BCUT2D eigenvalue weighted by Gasteiger charge is -2.33. The summed E-state index contributed by atoms with van der Waals surface area (Å²) in [7, 11) is 0. The Bertz CT molecular complexity index is 472. The molecule has 1 aromatic rings. The zero-order valence-electron chi connectivity index (χ0n) is 11.9. The zero-order chi connectivity index (χ0) is 14.0. The van der Waals surface area contributed by atoms with Gasteiger partial charge in [-0.1, -0.05) is 19.9 Å². The Labute approximate surface area is 124 Å². The van der Waals surface area contributed by atoms with Crippen molar-refractivity contribution < 1.29 is 4.79 Å². The molecule has 3 unspecified atom stereocenters. The van der Waals surface area contributed by atoms with E-state index in [-0.39, 0.29) is 5.91 Å². The summed E-state index contributed by atoms with van der Waals surface area (Å²) in [5.41, 5.74) is 1.89. The Morgan fingerprint density at radius 1 is 1.32 bits per heavy atom. The van der Waals surface area contributed by atoms with Crippen LogP contribution in [0.15, 0.2) is 22.7 Å². The van der Waals surface area contributed by atoms with Crippen LogP contribution in [-0.4, -0.2) is 11.9 Å². The lowest BCUT2D eigenvalue weighted by Crippen LogP contribution is -2.42. The molecule has 1 aromatic carbocycles. The fraction of sp³-hybridized carbons (Fsp3) is 0.562. The molecule has 0 aromatic heterocycles. The largest absolute Gasteiger partial charge is 0.349 e. The van der Waals surface area contributed by atoms with Crippen LogP contribution in [0.25, 0.3) is 0 Å². The summed E-state index contributed by atoms with van der Waals surface area (Å²) in [5.74, 6) is 1.39. The predicted molar refractivity (Wildman–Crippen MR) is 82.3 cm³/mol. The van der Waals surface area contributed by atoms with Crippen LogP contribution < -0.4 is 5.32 Å². The van der Waals surface area contributed by atoms with Gasteiger partial charge in [-0.05, 0) is 71.6 Å². The first kappa shape index (κ1) is 14.6. The maximum atomic E-state index is 12.3. The van der Waals surface area contributed by atoms with E-state index in [9.17, 15) is 4.79 Å². The Morgan fingerprint density at radius 3 is 2.68 bits per heavy atom. The molecule has 0 bridgehead atoms. The van der Waals surface area contributed by atoms with E-state index in [0.29, 0.717) is 12.0 Å². The molecule has 1 amide bonds. The van der Waals surface area contributed by atoms with Crippen LogP contribution in [0.1, 0.15) is 49.0 Å². The third-order valence-corrected chi connectivity index (χ3v) is 4.77. The number of amides is 1. The molecule has 3 atom stereocenters. The van der Waals surface area contributed by atoms with Crippen LogP contribution in [0.5, 0.6) is 0 Å². The van der Waals surface area contributed by atoms with Crippen LogP contribution in [0.2, 0.25) is 0 Å². The number of aryl methyl sites for hydroxylation is 1. The smallest absolute Gasteiger partial charge is 0.252 e. The highest BCUT2D eigenvalue weighted by Gasteiger charge is 2.27. The minimum Gasteiger partial charge on any atom is -0.349 e. The standard InChI is InChI=1S/C16H22BrNO/c1-10-5-7-15(12(3)8-10)18-16(19)13-6-4-11(2)9-14(13)17/h4,6,9-10,12,15H,5,7-8H2,1-3H3,(H,18,19). The lowest BCUT2D eigenvalue weighted by atomic mass is 9.80. The molecule has 0 heterocycles. The van der Waals surface area contributed by atoms with E-state index < -0.39 is 0 Å². The lowest BCUT2D eigenvalue weighted by molar-refractivity contribution is 0.0899. The molecule has 104 valence electrons. The van der Waals surface area contributed by atoms with Crippen molar-refractivity contribution in [2.75, 3.05) is 0 Å². The highest BCUT2D eigenvalue weighted by Crippen LogP contribution is 2.29.